The van der Waals surface area contributed by atoms with Crippen molar-refractivity contribution in [1.82, 2.24) is 9.80 Å². The minimum Gasteiger partial charge on any atom is -0.497 e. The Morgan fingerprint density at radius 2 is 1.48 bits per heavy atom. The lowest BCUT2D eigenvalue weighted by atomic mass is 10.1. The fourth-order valence-corrected chi connectivity index (χ4v) is 5.19. The molecule has 208 valence electrons. The third kappa shape index (κ3) is 6.20. The molecule has 2 heterocycles. The van der Waals surface area contributed by atoms with Crippen LogP contribution < -0.4 is 20.3 Å². The van der Waals surface area contributed by atoms with Crippen LogP contribution >= 0.6 is 0 Å². The zero-order chi connectivity index (χ0) is 28.1. The number of amides is 4. The van der Waals surface area contributed by atoms with E-state index in [1.165, 1.54) is 0 Å². The molecule has 0 radical (unpaired) electrons. The highest BCUT2D eigenvalue weighted by atomic mass is 16.5. The highest BCUT2D eigenvalue weighted by Gasteiger charge is 2.28. The van der Waals surface area contributed by atoms with Crippen molar-refractivity contribution in [3.63, 3.8) is 0 Å². The first-order valence-electron chi connectivity index (χ1n) is 13.7. The Morgan fingerprint density at radius 1 is 0.750 bits per heavy atom. The number of piperazine rings is 1. The molecule has 2 aliphatic rings. The van der Waals surface area contributed by atoms with E-state index in [-0.39, 0.29) is 17.8 Å². The van der Waals surface area contributed by atoms with Crippen LogP contribution in [0.4, 0.5) is 21.9 Å². The molecular formula is C31H35N5O4. The number of anilines is 3. The third-order valence-corrected chi connectivity index (χ3v) is 7.39. The Balaban J connectivity index is 1.31. The lowest BCUT2D eigenvalue weighted by molar-refractivity contribution is 0.0792. The van der Waals surface area contributed by atoms with Crippen LogP contribution in [-0.4, -0.2) is 74.0 Å². The summed E-state index contributed by atoms with van der Waals surface area (Å²) in [5.41, 5.74) is 4.25. The molecule has 2 aliphatic heterocycles. The van der Waals surface area contributed by atoms with Crippen molar-refractivity contribution in [2.45, 2.75) is 19.8 Å². The van der Waals surface area contributed by atoms with E-state index < -0.39 is 0 Å². The molecule has 3 aromatic rings. The van der Waals surface area contributed by atoms with Gasteiger partial charge in [-0.1, -0.05) is 18.2 Å². The van der Waals surface area contributed by atoms with Gasteiger partial charge in [0.15, 0.2) is 0 Å². The highest BCUT2D eigenvalue weighted by Crippen LogP contribution is 2.29. The molecule has 9 nitrogen and oxygen atoms in total. The Kier molecular flexibility index (Phi) is 8.19. The van der Waals surface area contributed by atoms with Crippen molar-refractivity contribution in [2.24, 2.45) is 0 Å². The second-order valence-electron chi connectivity index (χ2n) is 10.2. The molecule has 4 amide bonds. The van der Waals surface area contributed by atoms with Gasteiger partial charge in [-0.25, -0.2) is 4.79 Å². The predicted molar refractivity (Wildman–Crippen MR) is 157 cm³/mol. The largest absolute Gasteiger partial charge is 0.497 e. The number of likely N-dealkylation sites (tertiary alicyclic amines) is 1. The summed E-state index contributed by atoms with van der Waals surface area (Å²) in [6.07, 6.45) is 1.98. The number of ether oxygens (including phenoxy) is 1. The van der Waals surface area contributed by atoms with Gasteiger partial charge in [0.25, 0.3) is 11.8 Å². The summed E-state index contributed by atoms with van der Waals surface area (Å²) >= 11 is 0. The molecule has 5 rings (SSSR count). The average Bonchev–Trinajstić information content (AvgIpc) is 3.52. The molecule has 0 atom stereocenters. The molecule has 2 N–H and O–H groups in total. The number of hydrogen-bond acceptors (Lipinski definition) is 5. The van der Waals surface area contributed by atoms with Crippen LogP contribution in [0.15, 0.2) is 66.7 Å². The number of carbonyl (C=O) groups excluding carboxylic acids is 3. The van der Waals surface area contributed by atoms with Crippen LogP contribution in [0, 0.1) is 6.92 Å². The van der Waals surface area contributed by atoms with Crippen LogP contribution in [0.5, 0.6) is 5.75 Å². The molecule has 9 heteroatoms. The van der Waals surface area contributed by atoms with Crippen molar-refractivity contribution in [1.29, 1.82) is 0 Å². The first-order valence-corrected chi connectivity index (χ1v) is 13.7. The Hall–Kier alpha value is -4.53. The van der Waals surface area contributed by atoms with E-state index in [1.807, 2.05) is 48.2 Å². The van der Waals surface area contributed by atoms with Gasteiger partial charge in [0.1, 0.15) is 5.75 Å². The molecule has 0 saturated carbocycles. The van der Waals surface area contributed by atoms with Gasteiger partial charge in [0.05, 0.1) is 12.7 Å². The topological polar surface area (TPSA) is 94.2 Å². The van der Waals surface area contributed by atoms with E-state index >= 15 is 0 Å². The summed E-state index contributed by atoms with van der Waals surface area (Å²) in [6, 6.07) is 20.0. The molecule has 2 saturated heterocycles. The van der Waals surface area contributed by atoms with Crippen molar-refractivity contribution < 1.29 is 19.1 Å². The van der Waals surface area contributed by atoms with Gasteiger partial charge >= 0.3 is 6.03 Å². The summed E-state index contributed by atoms with van der Waals surface area (Å²) in [5, 5.41) is 5.91. The number of hydrogen-bond donors (Lipinski definition) is 2. The van der Waals surface area contributed by atoms with Crippen LogP contribution in [0.1, 0.15) is 39.1 Å². The molecular weight excluding hydrogens is 506 g/mol. The lowest BCUT2D eigenvalue weighted by Crippen LogP contribution is -2.50. The summed E-state index contributed by atoms with van der Waals surface area (Å²) in [7, 11) is 1.56. The van der Waals surface area contributed by atoms with Crippen molar-refractivity contribution in [2.75, 3.05) is 61.9 Å². The van der Waals surface area contributed by atoms with Crippen LogP contribution in [-0.2, 0) is 0 Å². The van der Waals surface area contributed by atoms with Gasteiger partial charge in [-0.15, -0.1) is 0 Å². The van der Waals surface area contributed by atoms with Gasteiger partial charge in [-0.3, -0.25) is 9.59 Å². The first-order chi connectivity index (χ1) is 19.4. The number of aryl methyl sites for hydroxylation is 1. The maximum absolute atomic E-state index is 13.6. The predicted octanol–water partition coefficient (Wildman–Crippen LogP) is 4.85. The SMILES string of the molecule is COc1cccc(C(=O)Nc2ccc(N3CCN(C(=O)Nc4cccc(C)c4)CC3)c(C(=O)N3CCCC3)c2)c1. The minimum absolute atomic E-state index is 0.0374. The van der Waals surface area contributed by atoms with E-state index in [4.69, 9.17) is 4.74 Å². The Morgan fingerprint density at radius 3 is 2.20 bits per heavy atom. The summed E-state index contributed by atoms with van der Waals surface area (Å²) in [5.74, 6) is 0.281. The van der Waals surface area contributed by atoms with Crippen LogP contribution in [0.2, 0.25) is 0 Å². The quantitative estimate of drug-likeness (QED) is 0.466. The Bertz CT molecular complexity index is 1390. The van der Waals surface area contributed by atoms with E-state index in [2.05, 4.69) is 15.5 Å². The zero-order valence-corrected chi connectivity index (χ0v) is 23.0. The molecule has 3 aromatic carbocycles. The summed E-state index contributed by atoms with van der Waals surface area (Å²) in [4.78, 5) is 45.2. The number of nitrogens with one attached hydrogen (secondary N) is 2. The van der Waals surface area contributed by atoms with Crippen molar-refractivity contribution in [3.05, 3.63) is 83.4 Å². The summed E-state index contributed by atoms with van der Waals surface area (Å²) in [6.45, 7) is 5.70. The zero-order valence-electron chi connectivity index (χ0n) is 23.0. The molecule has 40 heavy (non-hydrogen) atoms. The number of nitrogens with zero attached hydrogens (tertiary/aromatic N) is 3. The Labute approximate surface area is 234 Å². The van der Waals surface area contributed by atoms with Crippen LogP contribution in [0.25, 0.3) is 0 Å². The van der Waals surface area contributed by atoms with Gasteiger partial charge in [0.2, 0.25) is 0 Å². The smallest absolute Gasteiger partial charge is 0.321 e. The summed E-state index contributed by atoms with van der Waals surface area (Å²) < 4.78 is 5.24. The maximum atomic E-state index is 13.6. The average molecular weight is 542 g/mol. The number of carbonyl (C=O) groups is 3. The van der Waals surface area contributed by atoms with Gasteiger partial charge in [0, 0.05) is 61.9 Å². The normalized spacial score (nSPS) is 15.1. The monoisotopic (exact) mass is 541 g/mol. The highest BCUT2D eigenvalue weighted by molar-refractivity contribution is 6.06. The molecule has 2 fully saturated rings. The first kappa shape index (κ1) is 27.1. The van der Waals surface area contributed by atoms with E-state index in [0.717, 1.165) is 42.9 Å². The standard InChI is InChI=1S/C31H35N5O4/c1-22-7-5-9-24(19-22)33-31(39)36-17-15-34(16-18-36)28-12-11-25(21-27(28)30(38)35-13-3-4-14-35)32-29(37)23-8-6-10-26(20-23)40-2/h5-12,19-21H,3-4,13-18H2,1-2H3,(H,32,37)(H,33,39). The number of rotatable bonds is 6. The van der Waals surface area contributed by atoms with Gasteiger partial charge in [-0.05, 0) is 73.9 Å². The van der Waals surface area contributed by atoms with Crippen LogP contribution in [0.3, 0.4) is 0 Å². The fraction of sp³-hybridized carbons (Fsp3) is 0.323. The molecule has 0 spiro atoms. The number of methoxy groups -OCH3 is 1. The van der Waals surface area contributed by atoms with Crippen molar-refractivity contribution in [3.8, 4) is 5.75 Å². The second kappa shape index (κ2) is 12.1. The molecule has 0 bridgehead atoms. The van der Waals surface area contributed by atoms with Gasteiger partial charge in [-0.2, -0.15) is 0 Å². The second-order valence-corrected chi connectivity index (χ2v) is 10.2. The number of urea groups is 1. The molecule has 0 unspecified atom stereocenters. The molecule has 0 aromatic heterocycles. The van der Waals surface area contributed by atoms with Crippen molar-refractivity contribution >= 4 is 34.9 Å². The minimum atomic E-state index is -0.278. The van der Waals surface area contributed by atoms with E-state index in [9.17, 15) is 14.4 Å². The molecule has 0 aliphatic carbocycles. The van der Waals surface area contributed by atoms with E-state index in [1.54, 1.807) is 42.3 Å². The number of benzene rings is 3. The maximum Gasteiger partial charge on any atom is 0.321 e. The fourth-order valence-electron chi connectivity index (χ4n) is 5.19. The third-order valence-electron chi connectivity index (χ3n) is 7.39. The van der Waals surface area contributed by atoms with Gasteiger partial charge < -0.3 is 30.1 Å². The van der Waals surface area contributed by atoms with E-state index in [0.29, 0.717) is 48.7 Å². The lowest BCUT2D eigenvalue weighted by Gasteiger charge is -2.37.